The summed E-state index contributed by atoms with van der Waals surface area (Å²) in [5.41, 5.74) is 1.17. The van der Waals surface area contributed by atoms with E-state index in [4.69, 9.17) is 16.3 Å². The third kappa shape index (κ3) is 5.06. The highest BCUT2D eigenvalue weighted by molar-refractivity contribution is 9.10. The molecule has 0 aliphatic carbocycles. The van der Waals surface area contributed by atoms with Gasteiger partial charge < -0.3 is 4.74 Å². The Bertz CT molecular complexity index is 1110. The first-order valence-electron chi connectivity index (χ1n) is 9.64. The summed E-state index contributed by atoms with van der Waals surface area (Å²) in [6.45, 7) is 6.11. The molecule has 29 heavy (non-hydrogen) atoms. The Hall–Kier alpha value is -2.18. The van der Waals surface area contributed by atoms with E-state index in [1.165, 1.54) is 4.68 Å². The van der Waals surface area contributed by atoms with Gasteiger partial charge in [0, 0.05) is 21.5 Å². The number of benzene rings is 2. The molecule has 0 saturated carbocycles. The van der Waals surface area contributed by atoms with Crippen molar-refractivity contribution in [2.75, 3.05) is 0 Å². The zero-order valence-corrected chi connectivity index (χ0v) is 19.0. The topological polar surface area (TPSA) is 56.5 Å². The van der Waals surface area contributed by atoms with E-state index in [2.05, 4.69) is 32.9 Å². The van der Waals surface area contributed by atoms with Crippen LogP contribution >= 0.6 is 27.5 Å². The molecule has 152 valence electrons. The summed E-state index contributed by atoms with van der Waals surface area (Å²) in [5.74, 6) is 1.30. The van der Waals surface area contributed by atoms with Gasteiger partial charge in [-0.1, -0.05) is 41.4 Å². The minimum Gasteiger partial charge on any atom is -0.490 e. The van der Waals surface area contributed by atoms with Crippen LogP contribution in [-0.4, -0.2) is 22.0 Å². The molecule has 1 aromatic heterocycles. The number of halogens is 2. The van der Waals surface area contributed by atoms with Crippen LogP contribution in [0.2, 0.25) is 5.02 Å². The number of nitrogens with zero attached hydrogens (tertiary/aromatic N) is 3. The van der Waals surface area contributed by atoms with Gasteiger partial charge in [0.1, 0.15) is 11.6 Å². The average Bonchev–Trinajstić information content (AvgIpc) is 2.70. The molecular weight excluding hydrogens is 454 g/mol. The number of hydrogen-bond donors (Lipinski definition) is 0. The predicted molar refractivity (Wildman–Crippen MR) is 123 cm³/mol. The van der Waals surface area contributed by atoms with E-state index in [1.54, 1.807) is 24.4 Å². The van der Waals surface area contributed by atoms with Crippen molar-refractivity contribution in [1.29, 1.82) is 0 Å². The van der Waals surface area contributed by atoms with Crippen LogP contribution in [0, 0.1) is 0 Å². The highest BCUT2D eigenvalue weighted by atomic mass is 79.9. The molecule has 2 aromatic carbocycles. The van der Waals surface area contributed by atoms with Gasteiger partial charge >= 0.3 is 0 Å². The van der Waals surface area contributed by atoms with Crippen LogP contribution in [0.5, 0.6) is 5.75 Å². The smallest absolute Gasteiger partial charge is 0.282 e. The van der Waals surface area contributed by atoms with Crippen LogP contribution in [-0.2, 0) is 6.42 Å². The number of rotatable bonds is 7. The van der Waals surface area contributed by atoms with Crippen molar-refractivity contribution in [3.8, 4) is 5.75 Å². The van der Waals surface area contributed by atoms with E-state index in [1.807, 2.05) is 32.0 Å². The fourth-order valence-electron chi connectivity index (χ4n) is 2.85. The van der Waals surface area contributed by atoms with E-state index in [-0.39, 0.29) is 11.7 Å². The molecule has 7 heteroatoms. The van der Waals surface area contributed by atoms with Gasteiger partial charge in [-0.2, -0.15) is 9.78 Å². The van der Waals surface area contributed by atoms with Gasteiger partial charge in [0.15, 0.2) is 0 Å². The molecule has 5 nitrogen and oxygen atoms in total. The minimum atomic E-state index is -0.206. The first kappa shape index (κ1) is 21.5. The Labute approximate surface area is 183 Å². The van der Waals surface area contributed by atoms with Crippen molar-refractivity contribution >= 4 is 44.6 Å². The first-order valence-corrected chi connectivity index (χ1v) is 10.8. The van der Waals surface area contributed by atoms with Crippen LogP contribution in [0.25, 0.3) is 10.9 Å². The van der Waals surface area contributed by atoms with Gasteiger partial charge in [0.25, 0.3) is 5.56 Å². The third-order valence-electron chi connectivity index (χ3n) is 4.54. The Morgan fingerprint density at radius 3 is 2.79 bits per heavy atom. The summed E-state index contributed by atoms with van der Waals surface area (Å²) in [7, 11) is 0. The van der Waals surface area contributed by atoms with E-state index in [0.29, 0.717) is 39.5 Å². The number of aryl methyl sites for hydroxylation is 1. The maximum Gasteiger partial charge on any atom is 0.282 e. The van der Waals surface area contributed by atoms with Gasteiger partial charge in [-0.15, -0.1) is 0 Å². The van der Waals surface area contributed by atoms with Crippen molar-refractivity contribution in [2.45, 2.75) is 46.1 Å². The molecule has 1 atom stereocenters. The maximum atomic E-state index is 13.1. The molecule has 0 N–H and O–H groups in total. The molecular formula is C22H23BrClN3O2. The van der Waals surface area contributed by atoms with Crippen molar-refractivity contribution < 1.29 is 4.74 Å². The van der Waals surface area contributed by atoms with Crippen LogP contribution < -0.4 is 10.3 Å². The summed E-state index contributed by atoms with van der Waals surface area (Å²) < 4.78 is 8.16. The maximum absolute atomic E-state index is 13.1. The summed E-state index contributed by atoms with van der Waals surface area (Å²) >= 11 is 9.59. The second kappa shape index (κ2) is 9.55. The van der Waals surface area contributed by atoms with E-state index < -0.39 is 0 Å². The monoisotopic (exact) mass is 475 g/mol. The molecule has 0 radical (unpaired) electrons. The van der Waals surface area contributed by atoms with Gasteiger partial charge in [-0.3, -0.25) is 4.79 Å². The molecule has 0 unspecified atom stereocenters. The molecule has 0 amide bonds. The lowest BCUT2D eigenvalue weighted by molar-refractivity contribution is 0.217. The molecule has 1 heterocycles. The van der Waals surface area contributed by atoms with E-state index in [9.17, 15) is 4.79 Å². The Balaban J connectivity index is 2.11. The SMILES string of the molecule is CCCc1nc2ccc(Br)cc2c(=O)n1N=Cc1cc(Cl)ccc1O[C@H](C)CC. The van der Waals surface area contributed by atoms with Crippen molar-refractivity contribution in [1.82, 2.24) is 9.66 Å². The van der Waals surface area contributed by atoms with Gasteiger partial charge in [0.05, 0.1) is 23.2 Å². The average molecular weight is 477 g/mol. The summed E-state index contributed by atoms with van der Waals surface area (Å²) in [6.07, 6.45) is 4.04. The molecule has 0 aliphatic heterocycles. The summed E-state index contributed by atoms with van der Waals surface area (Å²) in [5, 5.41) is 5.56. The quantitative estimate of drug-likeness (QED) is 0.403. The summed E-state index contributed by atoms with van der Waals surface area (Å²) in [4.78, 5) is 17.8. The lowest BCUT2D eigenvalue weighted by Crippen LogP contribution is -2.22. The van der Waals surface area contributed by atoms with Gasteiger partial charge in [0.2, 0.25) is 0 Å². The highest BCUT2D eigenvalue weighted by Gasteiger charge is 2.12. The second-order valence-corrected chi connectivity index (χ2v) is 8.17. The van der Waals surface area contributed by atoms with Crippen molar-refractivity contribution in [2.24, 2.45) is 5.10 Å². The van der Waals surface area contributed by atoms with Crippen LogP contribution in [0.15, 0.2) is 50.8 Å². The fourth-order valence-corrected chi connectivity index (χ4v) is 3.39. The fraction of sp³-hybridized carbons (Fsp3) is 0.318. The molecule has 0 spiro atoms. The van der Waals surface area contributed by atoms with Gasteiger partial charge in [-0.05, 0) is 56.2 Å². The molecule has 0 bridgehead atoms. The van der Waals surface area contributed by atoms with Crippen molar-refractivity contribution in [3.63, 3.8) is 0 Å². The highest BCUT2D eigenvalue weighted by Crippen LogP contribution is 2.23. The first-order chi connectivity index (χ1) is 13.9. The largest absolute Gasteiger partial charge is 0.490 e. The van der Waals surface area contributed by atoms with E-state index >= 15 is 0 Å². The standard InChI is InChI=1S/C22H23BrClN3O2/c1-4-6-21-26-19-9-7-16(23)12-18(19)22(28)27(21)25-13-15-11-17(24)8-10-20(15)29-14(3)5-2/h7-14H,4-6H2,1-3H3/t14-/m1/s1. The van der Waals surface area contributed by atoms with Crippen LogP contribution in [0.3, 0.4) is 0 Å². The Morgan fingerprint density at radius 1 is 1.28 bits per heavy atom. The lowest BCUT2D eigenvalue weighted by Gasteiger charge is -2.15. The number of ether oxygens (including phenoxy) is 1. The number of hydrogen-bond acceptors (Lipinski definition) is 4. The molecule has 3 aromatic rings. The molecule has 0 aliphatic rings. The van der Waals surface area contributed by atoms with Gasteiger partial charge in [-0.25, -0.2) is 4.98 Å². The molecule has 3 rings (SSSR count). The minimum absolute atomic E-state index is 0.0568. The second-order valence-electron chi connectivity index (χ2n) is 6.82. The zero-order chi connectivity index (χ0) is 21.0. The lowest BCUT2D eigenvalue weighted by atomic mass is 10.2. The number of fused-ring (bicyclic) bond motifs is 1. The van der Waals surface area contributed by atoms with Crippen LogP contribution in [0.1, 0.15) is 45.0 Å². The van der Waals surface area contributed by atoms with E-state index in [0.717, 1.165) is 17.3 Å². The number of aromatic nitrogens is 2. The predicted octanol–water partition coefficient (Wildman–Crippen LogP) is 5.82. The zero-order valence-electron chi connectivity index (χ0n) is 16.7. The van der Waals surface area contributed by atoms with Crippen LogP contribution in [0.4, 0.5) is 0 Å². The Kier molecular flexibility index (Phi) is 7.09. The Morgan fingerprint density at radius 2 is 2.07 bits per heavy atom. The normalized spacial score (nSPS) is 12.6. The third-order valence-corrected chi connectivity index (χ3v) is 5.26. The molecule has 0 saturated heterocycles. The van der Waals surface area contributed by atoms with Crippen molar-refractivity contribution in [3.05, 3.63) is 67.6 Å². The summed E-state index contributed by atoms with van der Waals surface area (Å²) in [6, 6.07) is 10.9. The molecule has 0 fully saturated rings.